The number of thioether (sulfide) groups is 1. The number of urea groups is 1. The number of amides is 2. The van der Waals surface area contributed by atoms with Crippen molar-refractivity contribution in [1.82, 2.24) is 10.2 Å². The number of hydrogen-bond donors (Lipinski definition) is 2. The minimum Gasteiger partial charge on any atom is -0.481 e. The van der Waals surface area contributed by atoms with E-state index in [1.807, 2.05) is 16.7 Å². The summed E-state index contributed by atoms with van der Waals surface area (Å²) in [6.07, 6.45) is 2.68. The second-order valence-corrected chi connectivity index (χ2v) is 8.31. The Morgan fingerprint density at radius 1 is 1.20 bits per heavy atom. The molecule has 2 saturated heterocycles. The maximum atomic E-state index is 12.3. The van der Waals surface area contributed by atoms with Crippen molar-refractivity contribution >= 4 is 23.8 Å². The van der Waals surface area contributed by atoms with E-state index in [1.54, 1.807) is 0 Å². The number of carbonyl (C=O) groups is 2. The molecule has 0 aliphatic carbocycles. The van der Waals surface area contributed by atoms with Gasteiger partial charge in [-0.05, 0) is 18.4 Å². The number of carboxylic acids is 1. The number of carbonyl (C=O) groups excluding carboxylic acids is 1. The zero-order chi connectivity index (χ0) is 21.6. The van der Waals surface area contributed by atoms with Crippen molar-refractivity contribution in [3.63, 3.8) is 0 Å². The predicted octanol–water partition coefficient (Wildman–Crippen LogP) is 1.87. The van der Waals surface area contributed by atoms with Gasteiger partial charge in [-0.2, -0.15) is 11.8 Å². The third-order valence-electron chi connectivity index (χ3n) is 5.00. The Hall–Kier alpha value is -1.72. The van der Waals surface area contributed by atoms with E-state index >= 15 is 0 Å². The van der Waals surface area contributed by atoms with Gasteiger partial charge in [0, 0.05) is 35.4 Å². The average molecular weight is 446 g/mol. The third kappa shape index (κ3) is 8.57. The Morgan fingerprint density at radius 2 is 1.90 bits per heavy atom. The first kappa shape index (κ1) is 24.5. The number of ether oxygens (including phenoxy) is 3. The van der Waals surface area contributed by atoms with Gasteiger partial charge < -0.3 is 29.5 Å². The number of carboxylic acid groups (broad SMARTS) is 1. The van der Waals surface area contributed by atoms with Crippen molar-refractivity contribution in [2.75, 3.05) is 58.5 Å². The molecular weight excluding hydrogens is 414 g/mol. The van der Waals surface area contributed by atoms with Crippen LogP contribution >= 0.6 is 11.8 Å². The zero-order valence-corrected chi connectivity index (χ0v) is 17.9. The van der Waals surface area contributed by atoms with Crippen LogP contribution in [0, 0.1) is 0 Å². The summed E-state index contributed by atoms with van der Waals surface area (Å²) >= 11 is 1.86. The van der Waals surface area contributed by atoms with E-state index in [0.717, 1.165) is 18.6 Å². The largest absolute Gasteiger partial charge is 0.481 e. The maximum Gasteiger partial charge on any atom is 0.318 e. The van der Waals surface area contributed by atoms with E-state index in [9.17, 15) is 9.59 Å². The van der Waals surface area contributed by atoms with E-state index < -0.39 is 5.97 Å². The fourth-order valence-electron chi connectivity index (χ4n) is 3.53. The Bertz CT molecular complexity index is 591. The molecule has 0 aromatic carbocycles. The first-order valence-electron chi connectivity index (χ1n) is 10.3. The number of hydrogen-bond acceptors (Lipinski definition) is 7. The standard InChI is InChI=1S/C18H31N5O6S/c19-22-20-5-7-27-9-11-29-12-10-28-8-6-23-14-13-30-15(17(14)21-18(23)26)3-1-2-4-16(24)25/h14-15,17H,1-13H2,(H,21,26)(H,24,25)/t14-,15-,17-/m0/s1. The van der Waals surface area contributed by atoms with Crippen molar-refractivity contribution in [2.45, 2.75) is 43.0 Å². The molecule has 170 valence electrons. The molecule has 2 fully saturated rings. The molecular formula is C18H31N5O6S. The Kier molecular flexibility index (Phi) is 11.7. The summed E-state index contributed by atoms with van der Waals surface area (Å²) in [5.41, 5.74) is 8.13. The molecule has 0 aromatic heterocycles. The molecule has 0 unspecified atom stereocenters. The van der Waals surface area contributed by atoms with Crippen LogP contribution in [0.25, 0.3) is 10.4 Å². The van der Waals surface area contributed by atoms with Crippen LogP contribution in [-0.2, 0) is 19.0 Å². The Labute approximate surface area is 180 Å². The van der Waals surface area contributed by atoms with E-state index in [-0.39, 0.29) is 24.5 Å². The third-order valence-corrected chi connectivity index (χ3v) is 6.49. The molecule has 0 spiro atoms. The van der Waals surface area contributed by atoms with E-state index in [4.69, 9.17) is 24.8 Å². The summed E-state index contributed by atoms with van der Waals surface area (Å²) in [6, 6.07) is 0.266. The molecule has 0 saturated carbocycles. The summed E-state index contributed by atoms with van der Waals surface area (Å²) in [7, 11) is 0. The summed E-state index contributed by atoms with van der Waals surface area (Å²) in [6.45, 7) is 3.48. The van der Waals surface area contributed by atoms with Crippen LogP contribution in [-0.4, -0.2) is 97.8 Å². The highest BCUT2D eigenvalue weighted by atomic mass is 32.2. The summed E-state index contributed by atoms with van der Waals surface area (Å²) < 4.78 is 16.2. The van der Waals surface area contributed by atoms with Crippen LogP contribution in [0.4, 0.5) is 4.79 Å². The Morgan fingerprint density at radius 3 is 2.60 bits per heavy atom. The Balaban J connectivity index is 1.51. The highest BCUT2D eigenvalue weighted by Crippen LogP contribution is 2.36. The van der Waals surface area contributed by atoms with Crippen LogP contribution in [0.3, 0.4) is 0 Å². The van der Waals surface area contributed by atoms with Crippen LogP contribution in [0.1, 0.15) is 25.7 Å². The van der Waals surface area contributed by atoms with E-state index in [0.29, 0.717) is 64.4 Å². The number of azide groups is 1. The number of nitrogens with zero attached hydrogens (tertiary/aromatic N) is 4. The van der Waals surface area contributed by atoms with Gasteiger partial charge in [0.05, 0.1) is 51.7 Å². The second-order valence-electron chi connectivity index (χ2n) is 7.04. The van der Waals surface area contributed by atoms with Crippen LogP contribution in [0.15, 0.2) is 5.11 Å². The quantitative estimate of drug-likeness (QED) is 0.114. The van der Waals surface area contributed by atoms with E-state index in [2.05, 4.69) is 15.3 Å². The predicted molar refractivity (Wildman–Crippen MR) is 112 cm³/mol. The lowest BCUT2D eigenvalue weighted by Gasteiger charge is -2.21. The van der Waals surface area contributed by atoms with Crippen LogP contribution in [0.2, 0.25) is 0 Å². The fourth-order valence-corrected chi connectivity index (χ4v) is 5.16. The molecule has 2 aliphatic heterocycles. The minimum absolute atomic E-state index is 0.0430. The van der Waals surface area contributed by atoms with Gasteiger partial charge in [0.2, 0.25) is 0 Å². The lowest BCUT2D eigenvalue weighted by molar-refractivity contribution is -0.137. The molecule has 30 heavy (non-hydrogen) atoms. The van der Waals surface area contributed by atoms with Crippen LogP contribution in [0.5, 0.6) is 0 Å². The van der Waals surface area contributed by atoms with Gasteiger partial charge in [-0.15, -0.1) is 0 Å². The number of nitrogens with one attached hydrogen (secondary N) is 1. The SMILES string of the molecule is [N-]=[N+]=NCCOCCOCCOCCN1C(=O)N[C@@H]2[C@H](CCCCC(=O)O)SC[C@@H]21. The van der Waals surface area contributed by atoms with Gasteiger partial charge in [-0.3, -0.25) is 4.79 Å². The molecule has 3 atom stereocenters. The van der Waals surface area contributed by atoms with Crippen molar-refractivity contribution in [2.24, 2.45) is 5.11 Å². The van der Waals surface area contributed by atoms with Crippen molar-refractivity contribution in [1.29, 1.82) is 0 Å². The van der Waals surface area contributed by atoms with Gasteiger partial charge in [0.1, 0.15) is 0 Å². The molecule has 2 aliphatic rings. The number of unbranched alkanes of at least 4 members (excludes halogenated alkanes) is 1. The first-order valence-corrected chi connectivity index (χ1v) is 11.3. The van der Waals surface area contributed by atoms with Gasteiger partial charge >= 0.3 is 12.0 Å². The molecule has 11 nitrogen and oxygen atoms in total. The first-order chi connectivity index (χ1) is 14.6. The lowest BCUT2D eigenvalue weighted by atomic mass is 10.0. The molecule has 2 amide bonds. The molecule has 2 heterocycles. The summed E-state index contributed by atoms with van der Waals surface area (Å²) in [5, 5.41) is 15.5. The second kappa shape index (κ2) is 14.3. The van der Waals surface area contributed by atoms with Gasteiger partial charge in [-0.1, -0.05) is 11.5 Å². The molecule has 2 rings (SSSR count). The van der Waals surface area contributed by atoms with E-state index in [1.165, 1.54) is 0 Å². The summed E-state index contributed by atoms with van der Waals surface area (Å²) in [5.74, 6) is 0.142. The number of aliphatic carboxylic acids is 1. The molecule has 2 N–H and O–H groups in total. The molecule has 0 aromatic rings. The van der Waals surface area contributed by atoms with Crippen molar-refractivity contribution in [3.05, 3.63) is 10.4 Å². The lowest BCUT2D eigenvalue weighted by Crippen LogP contribution is -2.39. The molecule has 0 radical (unpaired) electrons. The monoisotopic (exact) mass is 445 g/mol. The van der Waals surface area contributed by atoms with Gasteiger partial charge in [0.25, 0.3) is 0 Å². The van der Waals surface area contributed by atoms with Gasteiger partial charge in [-0.25, -0.2) is 4.79 Å². The topological polar surface area (TPSA) is 146 Å². The van der Waals surface area contributed by atoms with Crippen molar-refractivity contribution in [3.8, 4) is 0 Å². The zero-order valence-electron chi connectivity index (χ0n) is 17.1. The molecule has 12 heteroatoms. The van der Waals surface area contributed by atoms with Crippen molar-refractivity contribution < 1.29 is 28.9 Å². The highest BCUT2D eigenvalue weighted by Gasteiger charge is 2.47. The minimum atomic E-state index is -0.756. The number of fused-ring (bicyclic) bond motifs is 1. The maximum absolute atomic E-state index is 12.3. The highest BCUT2D eigenvalue weighted by molar-refractivity contribution is 8.00. The average Bonchev–Trinajstić information content (AvgIpc) is 3.24. The fraction of sp³-hybridized carbons (Fsp3) is 0.889. The smallest absolute Gasteiger partial charge is 0.318 e. The normalized spacial score (nSPS) is 22.6. The number of rotatable bonds is 17. The van der Waals surface area contributed by atoms with Gasteiger partial charge in [0.15, 0.2) is 0 Å². The molecule has 0 bridgehead atoms. The summed E-state index contributed by atoms with van der Waals surface area (Å²) in [4.78, 5) is 27.4. The van der Waals surface area contributed by atoms with Crippen LogP contribution < -0.4 is 5.32 Å².